The van der Waals surface area contributed by atoms with Crippen LogP contribution in [-0.2, 0) is 21.2 Å². The highest BCUT2D eigenvalue weighted by Gasteiger charge is 2.36. The van der Waals surface area contributed by atoms with E-state index in [1.165, 1.54) is 26.4 Å². The number of rotatable bonds is 7. The van der Waals surface area contributed by atoms with E-state index in [9.17, 15) is 13.2 Å². The SMILES string of the molecule is COc1ccc(N(CC(=O)N2c3ccccc3CC2C)S(=O)(=O)c2cc(C)ccc2OC)cc1Cl. The van der Waals surface area contributed by atoms with Gasteiger partial charge in [0.1, 0.15) is 22.9 Å². The number of sulfonamides is 1. The molecular formula is C26H27ClN2O5S. The second-order valence-corrected chi connectivity index (χ2v) is 10.7. The normalized spacial score (nSPS) is 15.0. The summed E-state index contributed by atoms with van der Waals surface area (Å²) in [7, 11) is -1.33. The third-order valence-electron chi connectivity index (χ3n) is 6.07. The number of hydrogen-bond donors (Lipinski definition) is 0. The van der Waals surface area contributed by atoms with Gasteiger partial charge in [-0.15, -0.1) is 0 Å². The minimum absolute atomic E-state index is 0.0328. The van der Waals surface area contributed by atoms with Crippen LogP contribution in [0.2, 0.25) is 5.02 Å². The van der Waals surface area contributed by atoms with Gasteiger partial charge in [0.05, 0.1) is 24.9 Å². The molecule has 1 aliphatic rings. The number of hydrogen-bond acceptors (Lipinski definition) is 5. The molecule has 7 nitrogen and oxygen atoms in total. The standard InChI is InChI=1S/C26H27ClN2O5S/c1-17-9-11-24(34-4)25(13-17)35(31,32)28(20-10-12-23(33-3)21(27)15-20)16-26(30)29-18(2)14-19-7-5-6-8-22(19)29/h5-13,15,18H,14,16H2,1-4H3. The van der Waals surface area contributed by atoms with Crippen molar-refractivity contribution in [3.63, 3.8) is 0 Å². The summed E-state index contributed by atoms with van der Waals surface area (Å²) in [6.45, 7) is 3.33. The van der Waals surface area contributed by atoms with Crippen molar-refractivity contribution in [3.05, 3.63) is 76.8 Å². The summed E-state index contributed by atoms with van der Waals surface area (Å²) in [4.78, 5) is 15.3. The van der Waals surface area contributed by atoms with Gasteiger partial charge in [-0.25, -0.2) is 8.42 Å². The average Bonchev–Trinajstić information content (AvgIpc) is 3.18. The van der Waals surface area contributed by atoms with Crippen LogP contribution in [0.25, 0.3) is 0 Å². The Balaban J connectivity index is 1.81. The molecule has 0 bridgehead atoms. The Morgan fingerprint density at radius 2 is 1.74 bits per heavy atom. The highest BCUT2D eigenvalue weighted by atomic mass is 35.5. The molecule has 0 fully saturated rings. The number of methoxy groups -OCH3 is 2. The number of anilines is 2. The zero-order valence-corrected chi connectivity index (χ0v) is 21.6. The number of carbonyl (C=O) groups excluding carboxylic acids is 1. The maximum atomic E-state index is 14.0. The Labute approximate surface area is 210 Å². The Bertz CT molecular complexity index is 1380. The molecule has 0 N–H and O–H groups in total. The van der Waals surface area contributed by atoms with Crippen LogP contribution in [0.1, 0.15) is 18.1 Å². The molecule has 3 aromatic rings. The topological polar surface area (TPSA) is 76.2 Å². The molecule has 0 aliphatic carbocycles. The largest absolute Gasteiger partial charge is 0.495 e. The summed E-state index contributed by atoms with van der Waals surface area (Å²) in [5.41, 5.74) is 2.83. The third kappa shape index (κ3) is 4.68. The van der Waals surface area contributed by atoms with E-state index < -0.39 is 16.6 Å². The molecule has 1 heterocycles. The Hall–Kier alpha value is -3.23. The first-order chi connectivity index (χ1) is 16.7. The highest BCUT2D eigenvalue weighted by molar-refractivity contribution is 7.93. The van der Waals surface area contributed by atoms with E-state index in [1.807, 2.05) is 31.2 Å². The summed E-state index contributed by atoms with van der Waals surface area (Å²) in [6.07, 6.45) is 0.703. The second kappa shape index (κ2) is 9.79. The lowest BCUT2D eigenvalue weighted by Gasteiger charge is -2.29. The molecule has 0 saturated heterocycles. The van der Waals surface area contributed by atoms with Crippen LogP contribution in [0.3, 0.4) is 0 Å². The lowest BCUT2D eigenvalue weighted by Crippen LogP contribution is -2.45. The van der Waals surface area contributed by atoms with Crippen molar-refractivity contribution in [1.82, 2.24) is 0 Å². The number of para-hydroxylation sites is 1. The molecule has 4 rings (SSSR count). The fraction of sp³-hybridized carbons (Fsp3) is 0.269. The lowest BCUT2D eigenvalue weighted by molar-refractivity contribution is -0.117. The van der Waals surface area contributed by atoms with Crippen molar-refractivity contribution in [2.75, 3.05) is 30.0 Å². The molecule has 3 aromatic carbocycles. The zero-order chi connectivity index (χ0) is 25.3. The minimum atomic E-state index is -4.21. The molecule has 0 radical (unpaired) electrons. The van der Waals surface area contributed by atoms with Crippen LogP contribution in [0.15, 0.2) is 65.6 Å². The lowest BCUT2D eigenvalue weighted by atomic mass is 10.1. The molecule has 1 atom stereocenters. The highest BCUT2D eigenvalue weighted by Crippen LogP contribution is 2.36. The quantitative estimate of drug-likeness (QED) is 0.451. The van der Waals surface area contributed by atoms with Crippen molar-refractivity contribution in [2.45, 2.75) is 31.2 Å². The van der Waals surface area contributed by atoms with Gasteiger partial charge in [0.2, 0.25) is 5.91 Å². The molecule has 0 saturated carbocycles. The average molecular weight is 515 g/mol. The maximum absolute atomic E-state index is 14.0. The van der Waals surface area contributed by atoms with E-state index in [1.54, 1.807) is 36.1 Å². The summed E-state index contributed by atoms with van der Waals surface area (Å²) in [5.74, 6) is 0.242. The molecule has 1 aliphatic heterocycles. The summed E-state index contributed by atoms with van der Waals surface area (Å²) in [6, 6.07) is 17.1. The number of amides is 1. The summed E-state index contributed by atoms with van der Waals surface area (Å²) < 4.78 is 39.7. The van der Waals surface area contributed by atoms with Crippen LogP contribution < -0.4 is 18.7 Å². The predicted octanol–water partition coefficient (Wildman–Crippen LogP) is 4.84. The number of aryl methyl sites for hydroxylation is 1. The number of fused-ring (bicyclic) bond motifs is 1. The number of ether oxygens (including phenoxy) is 2. The zero-order valence-electron chi connectivity index (χ0n) is 20.0. The Kier molecular flexibility index (Phi) is 6.96. The van der Waals surface area contributed by atoms with E-state index in [0.29, 0.717) is 12.2 Å². The number of halogens is 1. The number of nitrogens with zero attached hydrogens (tertiary/aromatic N) is 2. The molecule has 0 aromatic heterocycles. The van der Waals surface area contributed by atoms with Crippen LogP contribution in [-0.4, -0.2) is 41.1 Å². The van der Waals surface area contributed by atoms with E-state index >= 15 is 0 Å². The molecular weight excluding hydrogens is 488 g/mol. The van der Waals surface area contributed by atoms with Crippen molar-refractivity contribution in [1.29, 1.82) is 0 Å². The van der Waals surface area contributed by atoms with E-state index in [-0.39, 0.29) is 33.3 Å². The third-order valence-corrected chi connectivity index (χ3v) is 8.16. The minimum Gasteiger partial charge on any atom is -0.495 e. The predicted molar refractivity (Wildman–Crippen MR) is 137 cm³/mol. The van der Waals surface area contributed by atoms with Gasteiger partial charge < -0.3 is 14.4 Å². The monoisotopic (exact) mass is 514 g/mol. The molecule has 1 amide bonds. The first-order valence-corrected chi connectivity index (χ1v) is 12.9. The van der Waals surface area contributed by atoms with Crippen LogP contribution in [0.5, 0.6) is 11.5 Å². The van der Waals surface area contributed by atoms with E-state index in [0.717, 1.165) is 21.1 Å². The van der Waals surface area contributed by atoms with E-state index in [2.05, 4.69) is 0 Å². The molecule has 35 heavy (non-hydrogen) atoms. The first kappa shape index (κ1) is 24.9. The fourth-order valence-corrected chi connectivity index (χ4v) is 6.28. The number of carbonyl (C=O) groups is 1. The van der Waals surface area contributed by atoms with Crippen molar-refractivity contribution in [3.8, 4) is 11.5 Å². The Morgan fingerprint density at radius 1 is 1.06 bits per heavy atom. The maximum Gasteiger partial charge on any atom is 0.268 e. The van der Waals surface area contributed by atoms with Crippen LogP contribution in [0, 0.1) is 6.92 Å². The smallest absolute Gasteiger partial charge is 0.268 e. The van der Waals surface area contributed by atoms with Crippen molar-refractivity contribution < 1.29 is 22.7 Å². The second-order valence-electron chi connectivity index (χ2n) is 8.43. The van der Waals surface area contributed by atoms with Gasteiger partial charge in [-0.3, -0.25) is 9.10 Å². The molecule has 184 valence electrons. The van der Waals surface area contributed by atoms with Gasteiger partial charge in [-0.1, -0.05) is 35.9 Å². The summed E-state index contributed by atoms with van der Waals surface area (Å²) >= 11 is 6.34. The van der Waals surface area contributed by atoms with Gasteiger partial charge in [0.25, 0.3) is 10.0 Å². The number of benzene rings is 3. The van der Waals surface area contributed by atoms with Crippen molar-refractivity contribution >= 4 is 38.9 Å². The molecule has 1 unspecified atom stereocenters. The van der Waals surface area contributed by atoms with Crippen molar-refractivity contribution in [2.24, 2.45) is 0 Å². The van der Waals surface area contributed by atoms with E-state index in [4.69, 9.17) is 21.1 Å². The van der Waals surface area contributed by atoms with Gasteiger partial charge >= 0.3 is 0 Å². The summed E-state index contributed by atoms with van der Waals surface area (Å²) in [5, 5.41) is 0.230. The van der Waals surface area contributed by atoms with Gasteiger partial charge in [-0.2, -0.15) is 0 Å². The molecule has 0 spiro atoms. The van der Waals surface area contributed by atoms with Gasteiger partial charge in [0, 0.05) is 11.7 Å². The first-order valence-electron chi connectivity index (χ1n) is 11.1. The van der Waals surface area contributed by atoms with Crippen LogP contribution >= 0.6 is 11.6 Å². The van der Waals surface area contributed by atoms with Gasteiger partial charge in [-0.05, 0) is 67.8 Å². The Morgan fingerprint density at radius 3 is 2.43 bits per heavy atom. The molecule has 9 heteroatoms. The van der Waals surface area contributed by atoms with Gasteiger partial charge in [0.15, 0.2) is 0 Å². The fourth-order valence-electron chi connectivity index (χ4n) is 4.37. The van der Waals surface area contributed by atoms with Crippen LogP contribution in [0.4, 0.5) is 11.4 Å².